The lowest BCUT2D eigenvalue weighted by molar-refractivity contribution is 0.561. The smallest absolute Gasteiger partial charge is 0.186 e. The maximum Gasteiger partial charge on any atom is 0.186 e. The van der Waals surface area contributed by atoms with Gasteiger partial charge in [0.15, 0.2) is 22.2 Å². The first kappa shape index (κ1) is 26.4. The highest BCUT2D eigenvalue weighted by Gasteiger charge is 2.18. The molecule has 2 aromatic heterocycles. The Morgan fingerprint density at radius 1 is 0.525 bits per heavy atom. The van der Waals surface area contributed by atoms with Crippen LogP contribution in [0.3, 0.4) is 0 Å². The highest BCUT2D eigenvalue weighted by molar-refractivity contribution is 7.79. The largest absolute Gasteiger partial charge is 0.456 e. The van der Waals surface area contributed by atoms with E-state index in [0.29, 0.717) is 21.0 Å². The molecule has 0 saturated carbocycles. The van der Waals surface area contributed by atoms with Crippen molar-refractivity contribution in [2.24, 2.45) is 0 Å². The quantitative estimate of drug-likeness (QED) is 0.201. The molecule has 0 radical (unpaired) electrons. The van der Waals surface area contributed by atoms with Gasteiger partial charge in [0.1, 0.15) is 22.7 Å². The second kappa shape index (κ2) is 9.98. The number of furan rings is 2. The van der Waals surface area contributed by atoms with Crippen molar-refractivity contribution in [1.29, 1.82) is 0 Å². The van der Waals surface area contributed by atoms with E-state index in [0.717, 1.165) is 66.8 Å². The van der Waals surface area contributed by atoms with Gasteiger partial charge < -0.3 is 17.9 Å². The van der Waals surface area contributed by atoms with Crippen LogP contribution in [0.1, 0.15) is 22.3 Å². The van der Waals surface area contributed by atoms with E-state index in [2.05, 4.69) is 0 Å². The third-order valence-corrected chi connectivity index (χ3v) is 9.10. The molecule has 0 spiro atoms. The molecule has 2 atom stereocenters. The van der Waals surface area contributed by atoms with Crippen LogP contribution in [-0.2, 0) is 22.2 Å². The van der Waals surface area contributed by atoms with Gasteiger partial charge in [-0.05, 0) is 62.1 Å². The zero-order valence-corrected chi connectivity index (χ0v) is 23.9. The van der Waals surface area contributed by atoms with Crippen molar-refractivity contribution >= 4 is 44.1 Å². The minimum Gasteiger partial charge on any atom is -0.456 e. The SMILES string of the molecule is Cc1cc2c(C)c(-c3ccc(-c4ccc(-c5oc6cc(S(=O)O)c(C)cc6c5C)cc4)cc3)oc2cc1S(=O)O. The molecule has 2 unspecified atom stereocenters. The Morgan fingerprint density at radius 2 is 0.850 bits per heavy atom. The Hall–Kier alpha value is -3.82. The third-order valence-electron chi connectivity index (χ3n) is 7.47. The summed E-state index contributed by atoms with van der Waals surface area (Å²) in [5, 5.41) is 1.86. The molecule has 0 aliphatic heterocycles. The lowest BCUT2D eigenvalue weighted by Crippen LogP contribution is -1.91. The van der Waals surface area contributed by atoms with Crippen molar-refractivity contribution in [3.05, 3.63) is 95.1 Å². The fourth-order valence-corrected chi connectivity index (χ4v) is 6.35. The summed E-state index contributed by atoms with van der Waals surface area (Å²) in [6, 6.07) is 23.3. The van der Waals surface area contributed by atoms with Gasteiger partial charge in [0, 0.05) is 45.2 Å². The van der Waals surface area contributed by atoms with Crippen molar-refractivity contribution in [3.8, 4) is 33.8 Å². The zero-order chi connectivity index (χ0) is 28.3. The summed E-state index contributed by atoms with van der Waals surface area (Å²) in [4.78, 5) is 0.705. The van der Waals surface area contributed by atoms with E-state index in [4.69, 9.17) is 8.83 Å². The Balaban J connectivity index is 1.30. The summed E-state index contributed by atoms with van der Waals surface area (Å²) in [5.41, 5.74) is 8.60. The molecule has 0 fully saturated rings. The second-order valence-electron chi connectivity index (χ2n) is 9.99. The van der Waals surface area contributed by atoms with Gasteiger partial charge in [-0.2, -0.15) is 0 Å². The summed E-state index contributed by atoms with van der Waals surface area (Å²) in [6.07, 6.45) is 0. The Kier molecular flexibility index (Phi) is 6.59. The normalized spacial score (nSPS) is 13.2. The molecule has 8 heteroatoms. The van der Waals surface area contributed by atoms with Crippen LogP contribution < -0.4 is 0 Å². The lowest BCUT2D eigenvalue weighted by Gasteiger charge is -2.06. The molecule has 0 amide bonds. The summed E-state index contributed by atoms with van der Waals surface area (Å²) in [5.74, 6) is 1.47. The Labute approximate surface area is 236 Å². The number of hydrogen-bond donors (Lipinski definition) is 2. The highest BCUT2D eigenvalue weighted by Crippen LogP contribution is 2.38. The first-order chi connectivity index (χ1) is 19.1. The van der Waals surface area contributed by atoms with E-state index < -0.39 is 22.2 Å². The van der Waals surface area contributed by atoms with Gasteiger partial charge in [0.2, 0.25) is 0 Å². The summed E-state index contributed by atoms with van der Waals surface area (Å²) >= 11 is -4.15. The number of fused-ring (bicyclic) bond motifs is 2. The van der Waals surface area contributed by atoms with Crippen molar-refractivity contribution in [1.82, 2.24) is 0 Å². The second-order valence-corrected chi connectivity index (χ2v) is 11.9. The molecule has 0 bridgehead atoms. The molecule has 0 saturated heterocycles. The molecule has 4 aromatic carbocycles. The van der Waals surface area contributed by atoms with E-state index in [1.54, 1.807) is 12.1 Å². The molecule has 6 aromatic rings. The van der Waals surface area contributed by atoms with Crippen LogP contribution in [0.4, 0.5) is 0 Å². The van der Waals surface area contributed by atoms with E-state index in [9.17, 15) is 17.5 Å². The zero-order valence-electron chi connectivity index (χ0n) is 22.3. The predicted molar refractivity (Wildman–Crippen MR) is 159 cm³/mol. The molecule has 202 valence electrons. The number of benzene rings is 4. The fraction of sp³-hybridized carbons (Fsp3) is 0.125. The van der Waals surface area contributed by atoms with Crippen LogP contribution in [0.5, 0.6) is 0 Å². The van der Waals surface area contributed by atoms with Crippen LogP contribution in [-0.4, -0.2) is 17.5 Å². The van der Waals surface area contributed by atoms with Gasteiger partial charge in [0.05, 0.1) is 9.79 Å². The van der Waals surface area contributed by atoms with Crippen LogP contribution in [0.15, 0.2) is 91.4 Å². The van der Waals surface area contributed by atoms with Crippen LogP contribution in [0.25, 0.3) is 55.7 Å². The Bertz CT molecular complexity index is 1830. The first-order valence-corrected chi connectivity index (χ1v) is 14.8. The first-order valence-electron chi connectivity index (χ1n) is 12.6. The molecule has 6 rings (SSSR count). The maximum absolute atomic E-state index is 11.7. The summed E-state index contributed by atoms with van der Waals surface area (Å²) in [6.45, 7) is 7.63. The number of hydrogen-bond acceptors (Lipinski definition) is 4. The van der Waals surface area contributed by atoms with E-state index >= 15 is 0 Å². The monoisotopic (exact) mass is 570 g/mol. The molecular formula is C32H26O6S2. The van der Waals surface area contributed by atoms with Gasteiger partial charge in [-0.3, -0.25) is 0 Å². The van der Waals surface area contributed by atoms with Gasteiger partial charge in [-0.25, -0.2) is 8.42 Å². The minimum atomic E-state index is -2.07. The molecule has 2 heterocycles. The molecule has 0 aliphatic rings. The van der Waals surface area contributed by atoms with Crippen LogP contribution >= 0.6 is 0 Å². The molecule has 2 N–H and O–H groups in total. The molecular weight excluding hydrogens is 544 g/mol. The van der Waals surface area contributed by atoms with Crippen molar-refractivity contribution in [3.63, 3.8) is 0 Å². The van der Waals surface area contributed by atoms with E-state index in [1.807, 2.05) is 88.4 Å². The fourth-order valence-electron chi connectivity index (χ4n) is 5.27. The van der Waals surface area contributed by atoms with E-state index in [1.165, 1.54) is 0 Å². The summed E-state index contributed by atoms with van der Waals surface area (Å²) < 4.78 is 54.7. The maximum atomic E-state index is 11.7. The highest BCUT2D eigenvalue weighted by atomic mass is 32.2. The summed E-state index contributed by atoms with van der Waals surface area (Å²) in [7, 11) is 0. The van der Waals surface area contributed by atoms with E-state index in [-0.39, 0.29) is 0 Å². The predicted octanol–water partition coefficient (Wildman–Crippen LogP) is 8.57. The van der Waals surface area contributed by atoms with Gasteiger partial charge in [-0.15, -0.1) is 0 Å². The minimum absolute atomic E-state index is 0.353. The average molecular weight is 571 g/mol. The van der Waals surface area contributed by atoms with Crippen molar-refractivity contribution in [2.75, 3.05) is 0 Å². The van der Waals surface area contributed by atoms with Gasteiger partial charge in [-0.1, -0.05) is 48.5 Å². The molecule has 6 nitrogen and oxygen atoms in total. The molecule has 0 aliphatic carbocycles. The van der Waals surface area contributed by atoms with Crippen LogP contribution in [0.2, 0.25) is 0 Å². The van der Waals surface area contributed by atoms with Gasteiger partial charge >= 0.3 is 0 Å². The molecule has 40 heavy (non-hydrogen) atoms. The van der Waals surface area contributed by atoms with Crippen molar-refractivity contribution in [2.45, 2.75) is 37.5 Å². The third kappa shape index (κ3) is 4.43. The number of aryl methyl sites for hydroxylation is 4. The standard InChI is InChI=1S/C32H26O6S2/c1-17-13-25-19(3)31(37-27(25)15-29(17)39(33)34)23-9-5-21(6-10-23)22-7-11-24(12-8-22)32-20(4)26-14-18(2)30(40(35)36)16-28(26)38-32/h5-16H,1-4H3,(H,33,34)(H,35,36). The van der Waals surface area contributed by atoms with Crippen LogP contribution in [0, 0.1) is 27.7 Å². The Morgan fingerprint density at radius 3 is 1.18 bits per heavy atom. The topological polar surface area (TPSA) is 101 Å². The van der Waals surface area contributed by atoms with Crippen molar-refractivity contribution < 1.29 is 26.4 Å². The average Bonchev–Trinajstić information content (AvgIpc) is 3.43. The van der Waals surface area contributed by atoms with Gasteiger partial charge in [0.25, 0.3) is 0 Å². The number of rotatable bonds is 5. The lowest BCUT2D eigenvalue weighted by atomic mass is 9.99.